The third kappa shape index (κ3) is 4.85. The number of methoxy groups -OCH3 is 1. The Kier molecular flexibility index (Phi) is 6.28. The fourth-order valence-electron chi connectivity index (χ4n) is 3.05. The molecule has 2 aromatic rings. The first-order valence-electron chi connectivity index (χ1n) is 8.69. The lowest BCUT2D eigenvalue weighted by atomic mass is 10.1. The largest absolute Gasteiger partial charge is 0.477 e. The van der Waals surface area contributed by atoms with Crippen molar-refractivity contribution in [1.29, 1.82) is 0 Å². The van der Waals surface area contributed by atoms with E-state index < -0.39 is 0 Å². The number of likely N-dealkylation sites (tertiary alicyclic amines) is 1. The molecule has 0 N–H and O–H groups in total. The number of piperidine rings is 1. The predicted molar refractivity (Wildman–Crippen MR) is 98.6 cm³/mol. The third-order valence-electron chi connectivity index (χ3n) is 4.35. The Morgan fingerprint density at radius 1 is 1.31 bits per heavy atom. The standard InChI is InChI=1S/C19H22ClN3O3/c1-25-18-19(22-10-9-21-18)26-16-6-3-11-23(13-16)17(24)8-7-14-4-2-5-15(20)12-14/h2,4-5,9-10,12,16H,3,6-8,11,13H2,1H3. The molecule has 1 aliphatic rings. The van der Waals surface area contributed by atoms with Crippen LogP contribution in [0.3, 0.4) is 0 Å². The number of nitrogens with zero attached hydrogens (tertiary/aromatic N) is 3. The van der Waals surface area contributed by atoms with Crippen LogP contribution in [-0.4, -0.2) is 47.1 Å². The average Bonchev–Trinajstić information content (AvgIpc) is 2.67. The number of hydrogen-bond donors (Lipinski definition) is 0. The molecule has 1 unspecified atom stereocenters. The van der Waals surface area contributed by atoms with Gasteiger partial charge in [0.05, 0.1) is 13.7 Å². The van der Waals surface area contributed by atoms with E-state index >= 15 is 0 Å². The number of halogens is 1. The van der Waals surface area contributed by atoms with Crippen molar-refractivity contribution in [2.75, 3.05) is 20.2 Å². The van der Waals surface area contributed by atoms with Crippen LogP contribution in [0.15, 0.2) is 36.7 Å². The first-order valence-corrected chi connectivity index (χ1v) is 9.07. The van der Waals surface area contributed by atoms with Crippen LogP contribution in [0.2, 0.25) is 5.02 Å². The van der Waals surface area contributed by atoms with Crippen LogP contribution in [-0.2, 0) is 11.2 Å². The fourth-order valence-corrected chi connectivity index (χ4v) is 3.27. The molecule has 0 aliphatic carbocycles. The number of carbonyl (C=O) groups is 1. The molecule has 2 heterocycles. The predicted octanol–water partition coefficient (Wildman–Crippen LogP) is 3.14. The Labute approximate surface area is 158 Å². The van der Waals surface area contributed by atoms with Gasteiger partial charge < -0.3 is 14.4 Å². The van der Waals surface area contributed by atoms with Gasteiger partial charge in [0.25, 0.3) is 11.8 Å². The van der Waals surface area contributed by atoms with Gasteiger partial charge in [-0.2, -0.15) is 0 Å². The first kappa shape index (κ1) is 18.5. The molecule has 1 atom stereocenters. The Bertz CT molecular complexity index is 756. The highest BCUT2D eigenvalue weighted by Crippen LogP contribution is 2.24. The molecule has 1 fully saturated rings. The molecule has 138 valence electrons. The van der Waals surface area contributed by atoms with Crippen LogP contribution in [0, 0.1) is 0 Å². The summed E-state index contributed by atoms with van der Waals surface area (Å²) in [6.07, 6.45) is 5.92. The number of rotatable bonds is 6. The van der Waals surface area contributed by atoms with Crippen molar-refractivity contribution < 1.29 is 14.3 Å². The Balaban J connectivity index is 1.55. The van der Waals surface area contributed by atoms with Crippen molar-refractivity contribution in [1.82, 2.24) is 14.9 Å². The van der Waals surface area contributed by atoms with Crippen molar-refractivity contribution in [3.63, 3.8) is 0 Å². The maximum Gasteiger partial charge on any atom is 0.278 e. The lowest BCUT2D eigenvalue weighted by Crippen LogP contribution is -2.44. The normalized spacial score (nSPS) is 17.0. The van der Waals surface area contributed by atoms with Crippen molar-refractivity contribution in [2.24, 2.45) is 0 Å². The molecule has 0 spiro atoms. The highest BCUT2D eigenvalue weighted by atomic mass is 35.5. The Hall–Kier alpha value is -2.34. The van der Waals surface area contributed by atoms with Crippen molar-refractivity contribution in [3.05, 3.63) is 47.2 Å². The molecule has 1 aromatic heterocycles. The van der Waals surface area contributed by atoms with Gasteiger partial charge in [-0.15, -0.1) is 0 Å². The molecule has 6 nitrogen and oxygen atoms in total. The lowest BCUT2D eigenvalue weighted by Gasteiger charge is -2.32. The second-order valence-electron chi connectivity index (χ2n) is 6.22. The topological polar surface area (TPSA) is 64.6 Å². The zero-order chi connectivity index (χ0) is 18.4. The second kappa shape index (κ2) is 8.85. The van der Waals surface area contributed by atoms with Gasteiger partial charge in [0.2, 0.25) is 5.91 Å². The number of hydrogen-bond acceptors (Lipinski definition) is 5. The monoisotopic (exact) mass is 375 g/mol. The zero-order valence-corrected chi connectivity index (χ0v) is 15.5. The van der Waals surface area contributed by atoms with Gasteiger partial charge in [0.1, 0.15) is 6.10 Å². The molecule has 3 rings (SSSR count). The number of carbonyl (C=O) groups excluding carboxylic acids is 1. The molecule has 0 radical (unpaired) electrons. The molecule has 0 saturated carbocycles. The van der Waals surface area contributed by atoms with E-state index in [1.54, 1.807) is 12.4 Å². The van der Waals surface area contributed by atoms with E-state index in [1.807, 2.05) is 29.2 Å². The van der Waals surface area contributed by atoms with Crippen LogP contribution >= 0.6 is 11.6 Å². The van der Waals surface area contributed by atoms with Crippen molar-refractivity contribution in [2.45, 2.75) is 31.8 Å². The average molecular weight is 376 g/mol. The third-order valence-corrected chi connectivity index (χ3v) is 4.59. The minimum atomic E-state index is -0.107. The van der Waals surface area contributed by atoms with Crippen LogP contribution in [0.4, 0.5) is 0 Å². The van der Waals surface area contributed by atoms with Gasteiger partial charge in [-0.1, -0.05) is 23.7 Å². The van der Waals surface area contributed by atoms with Gasteiger partial charge in [-0.05, 0) is 37.0 Å². The van der Waals surface area contributed by atoms with Gasteiger partial charge >= 0.3 is 0 Å². The number of benzene rings is 1. The SMILES string of the molecule is COc1nccnc1OC1CCCN(C(=O)CCc2cccc(Cl)c2)C1. The lowest BCUT2D eigenvalue weighted by molar-refractivity contribution is -0.133. The van der Waals surface area contributed by atoms with Crippen LogP contribution in [0.25, 0.3) is 0 Å². The number of aryl methyl sites for hydroxylation is 1. The zero-order valence-electron chi connectivity index (χ0n) is 14.7. The van der Waals surface area contributed by atoms with Crippen molar-refractivity contribution in [3.8, 4) is 11.8 Å². The molecule has 0 bridgehead atoms. The van der Waals surface area contributed by atoms with E-state index in [9.17, 15) is 4.79 Å². The van der Waals surface area contributed by atoms with E-state index in [4.69, 9.17) is 21.1 Å². The maximum atomic E-state index is 12.6. The van der Waals surface area contributed by atoms with Crippen LogP contribution in [0.1, 0.15) is 24.8 Å². The summed E-state index contributed by atoms with van der Waals surface area (Å²) >= 11 is 6.00. The van der Waals surface area contributed by atoms with E-state index in [-0.39, 0.29) is 12.0 Å². The van der Waals surface area contributed by atoms with Crippen molar-refractivity contribution >= 4 is 17.5 Å². The first-order chi connectivity index (χ1) is 12.7. The summed E-state index contributed by atoms with van der Waals surface area (Å²) in [5, 5.41) is 0.694. The summed E-state index contributed by atoms with van der Waals surface area (Å²) in [4.78, 5) is 22.7. The molecular weight excluding hydrogens is 354 g/mol. The highest BCUT2D eigenvalue weighted by molar-refractivity contribution is 6.30. The number of amides is 1. The quantitative estimate of drug-likeness (QED) is 0.776. The summed E-state index contributed by atoms with van der Waals surface area (Å²) in [5.74, 6) is 0.856. The summed E-state index contributed by atoms with van der Waals surface area (Å²) in [6.45, 7) is 1.31. The molecule has 1 saturated heterocycles. The smallest absolute Gasteiger partial charge is 0.278 e. The van der Waals surface area contributed by atoms with E-state index in [0.29, 0.717) is 36.2 Å². The minimum Gasteiger partial charge on any atom is -0.477 e. The van der Waals surface area contributed by atoms with E-state index in [2.05, 4.69) is 9.97 Å². The summed E-state index contributed by atoms with van der Waals surface area (Å²) in [6, 6.07) is 7.63. The van der Waals surface area contributed by atoms with Gasteiger partial charge in [0, 0.05) is 30.4 Å². The van der Waals surface area contributed by atoms with Gasteiger partial charge in [-0.3, -0.25) is 4.79 Å². The van der Waals surface area contributed by atoms with Gasteiger partial charge in [0.15, 0.2) is 0 Å². The highest BCUT2D eigenvalue weighted by Gasteiger charge is 2.26. The number of aromatic nitrogens is 2. The molecule has 1 aromatic carbocycles. The number of ether oxygens (including phenoxy) is 2. The molecule has 26 heavy (non-hydrogen) atoms. The van der Waals surface area contributed by atoms with E-state index in [0.717, 1.165) is 24.9 Å². The summed E-state index contributed by atoms with van der Waals surface area (Å²) in [5.41, 5.74) is 1.07. The van der Waals surface area contributed by atoms with E-state index in [1.165, 1.54) is 7.11 Å². The van der Waals surface area contributed by atoms with Gasteiger partial charge in [-0.25, -0.2) is 9.97 Å². The Morgan fingerprint density at radius 3 is 2.88 bits per heavy atom. The van der Waals surface area contributed by atoms with Crippen LogP contribution < -0.4 is 9.47 Å². The fraction of sp³-hybridized carbons (Fsp3) is 0.421. The summed E-state index contributed by atoms with van der Waals surface area (Å²) < 4.78 is 11.1. The molecule has 7 heteroatoms. The second-order valence-corrected chi connectivity index (χ2v) is 6.66. The molecule has 1 aliphatic heterocycles. The Morgan fingerprint density at radius 2 is 2.12 bits per heavy atom. The molecular formula is C19H22ClN3O3. The molecule has 1 amide bonds. The summed E-state index contributed by atoms with van der Waals surface area (Å²) in [7, 11) is 1.53. The maximum absolute atomic E-state index is 12.6. The van der Waals surface area contributed by atoms with Crippen LogP contribution in [0.5, 0.6) is 11.8 Å². The minimum absolute atomic E-state index is 0.107.